The number of para-hydroxylation sites is 1. The Morgan fingerprint density at radius 3 is 2.36 bits per heavy atom. The molecule has 2 N–H and O–H groups in total. The van der Waals surface area contributed by atoms with Gasteiger partial charge in [0, 0.05) is 6.42 Å². The van der Waals surface area contributed by atoms with Gasteiger partial charge in [-0.3, -0.25) is 4.79 Å². The molecule has 2 aromatic carbocycles. The number of nitrogens with two attached hydrogens (primary N) is 1. The summed E-state index contributed by atoms with van der Waals surface area (Å²) in [6.45, 7) is 0.0628. The zero-order valence-electron chi connectivity index (χ0n) is 13.4. The first-order chi connectivity index (χ1) is 11.9. The second-order valence-electron chi connectivity index (χ2n) is 5.19. The molecule has 2 rings (SSSR count). The molecule has 0 saturated heterocycles. The van der Waals surface area contributed by atoms with Crippen LogP contribution < -0.4 is 9.88 Å². The van der Waals surface area contributed by atoms with E-state index >= 15 is 0 Å². The lowest BCUT2D eigenvalue weighted by Crippen LogP contribution is -2.13. The van der Waals surface area contributed by atoms with Gasteiger partial charge in [0.1, 0.15) is 13.2 Å². The third kappa shape index (κ3) is 6.17. The Balaban J connectivity index is 1.69. The molecule has 0 radical (unpaired) electrons. The standard InChI is InChI=1S/C17H18FNO5S/c18-15-3-1-2-4-16(15)23-11-12-24-17(20)10-7-13-5-8-14(9-6-13)25(19,21)22/h1-6,8-9H,7,10-12H2,(H2,19,21,22). The lowest BCUT2D eigenvalue weighted by atomic mass is 10.1. The van der Waals surface area contributed by atoms with Gasteiger partial charge in [0.25, 0.3) is 0 Å². The van der Waals surface area contributed by atoms with Crippen molar-refractivity contribution in [3.05, 3.63) is 59.9 Å². The summed E-state index contributed by atoms with van der Waals surface area (Å²) in [5, 5.41) is 5.01. The zero-order chi connectivity index (χ0) is 18.3. The highest BCUT2D eigenvalue weighted by atomic mass is 32.2. The maximum absolute atomic E-state index is 13.3. The maximum atomic E-state index is 13.3. The maximum Gasteiger partial charge on any atom is 0.306 e. The van der Waals surface area contributed by atoms with Crippen molar-refractivity contribution in [3.63, 3.8) is 0 Å². The van der Waals surface area contributed by atoms with Crippen LogP contribution in [0, 0.1) is 5.82 Å². The van der Waals surface area contributed by atoms with E-state index in [1.807, 2.05) is 0 Å². The fourth-order valence-corrected chi connectivity index (χ4v) is 2.55. The Hall–Kier alpha value is -2.45. The van der Waals surface area contributed by atoms with Gasteiger partial charge in [-0.25, -0.2) is 17.9 Å². The zero-order valence-corrected chi connectivity index (χ0v) is 14.2. The van der Waals surface area contributed by atoms with Crippen LogP contribution in [0.1, 0.15) is 12.0 Å². The molecule has 0 heterocycles. The van der Waals surface area contributed by atoms with E-state index in [1.165, 1.54) is 24.3 Å². The molecule has 0 aliphatic heterocycles. The van der Waals surface area contributed by atoms with E-state index in [1.54, 1.807) is 24.3 Å². The van der Waals surface area contributed by atoms with Gasteiger partial charge in [0.05, 0.1) is 4.90 Å². The molecule has 0 atom stereocenters. The molecule has 0 aliphatic rings. The van der Waals surface area contributed by atoms with Crippen molar-refractivity contribution >= 4 is 16.0 Å². The monoisotopic (exact) mass is 367 g/mol. The first-order valence-corrected chi connectivity index (χ1v) is 9.05. The molecule has 0 unspecified atom stereocenters. The Bertz CT molecular complexity index is 821. The van der Waals surface area contributed by atoms with Crippen molar-refractivity contribution in [1.29, 1.82) is 0 Å². The smallest absolute Gasteiger partial charge is 0.306 e. The second kappa shape index (κ2) is 8.59. The van der Waals surface area contributed by atoms with Gasteiger partial charge in [0.15, 0.2) is 11.6 Å². The van der Waals surface area contributed by atoms with Crippen molar-refractivity contribution in [2.75, 3.05) is 13.2 Å². The van der Waals surface area contributed by atoms with Crippen LogP contribution in [-0.2, 0) is 26.0 Å². The minimum Gasteiger partial charge on any atom is -0.487 e. The van der Waals surface area contributed by atoms with Crippen LogP contribution in [0.4, 0.5) is 4.39 Å². The molecule has 25 heavy (non-hydrogen) atoms. The molecule has 0 amide bonds. The summed E-state index contributed by atoms with van der Waals surface area (Å²) in [5.41, 5.74) is 0.784. The van der Waals surface area contributed by atoms with Crippen molar-refractivity contribution in [2.24, 2.45) is 5.14 Å². The van der Waals surface area contributed by atoms with Gasteiger partial charge >= 0.3 is 5.97 Å². The average Bonchev–Trinajstić information content (AvgIpc) is 2.58. The third-order valence-electron chi connectivity index (χ3n) is 3.31. The van der Waals surface area contributed by atoms with Crippen LogP contribution in [0.5, 0.6) is 5.75 Å². The van der Waals surface area contributed by atoms with Crippen molar-refractivity contribution < 1.29 is 27.1 Å². The largest absolute Gasteiger partial charge is 0.487 e. The molecule has 0 saturated carbocycles. The number of hydrogen-bond acceptors (Lipinski definition) is 5. The Kier molecular flexibility index (Phi) is 6.49. The lowest BCUT2D eigenvalue weighted by molar-refractivity contribution is -0.144. The molecular weight excluding hydrogens is 349 g/mol. The predicted molar refractivity (Wildman–Crippen MR) is 89.0 cm³/mol. The molecule has 0 bridgehead atoms. The van der Waals surface area contributed by atoms with Crippen LogP contribution in [-0.4, -0.2) is 27.6 Å². The number of hydrogen-bond donors (Lipinski definition) is 1. The summed E-state index contributed by atoms with van der Waals surface area (Å²) < 4.78 is 45.8. The van der Waals surface area contributed by atoms with Crippen LogP contribution in [0.3, 0.4) is 0 Å². The Morgan fingerprint density at radius 1 is 1.04 bits per heavy atom. The fourth-order valence-electron chi connectivity index (χ4n) is 2.03. The number of primary sulfonamides is 1. The topological polar surface area (TPSA) is 95.7 Å². The first-order valence-electron chi connectivity index (χ1n) is 7.51. The van der Waals surface area contributed by atoms with Gasteiger partial charge < -0.3 is 9.47 Å². The van der Waals surface area contributed by atoms with E-state index in [2.05, 4.69) is 0 Å². The average molecular weight is 367 g/mol. The Morgan fingerprint density at radius 2 is 1.72 bits per heavy atom. The molecule has 0 fully saturated rings. The number of carbonyl (C=O) groups excluding carboxylic acids is 1. The van der Waals surface area contributed by atoms with E-state index in [0.29, 0.717) is 6.42 Å². The summed E-state index contributed by atoms with van der Waals surface area (Å²) in [6.07, 6.45) is 0.534. The van der Waals surface area contributed by atoms with Crippen molar-refractivity contribution in [2.45, 2.75) is 17.7 Å². The van der Waals surface area contributed by atoms with E-state index in [9.17, 15) is 17.6 Å². The number of benzene rings is 2. The molecule has 2 aromatic rings. The summed E-state index contributed by atoms with van der Waals surface area (Å²) in [6, 6.07) is 11.9. The minimum atomic E-state index is -3.72. The van der Waals surface area contributed by atoms with Crippen LogP contribution in [0.2, 0.25) is 0 Å². The molecule has 6 nitrogen and oxygen atoms in total. The molecule has 0 aromatic heterocycles. The highest BCUT2D eigenvalue weighted by Gasteiger charge is 2.08. The van der Waals surface area contributed by atoms with Crippen molar-refractivity contribution in [3.8, 4) is 5.75 Å². The van der Waals surface area contributed by atoms with Gasteiger partial charge in [-0.15, -0.1) is 0 Å². The highest BCUT2D eigenvalue weighted by Crippen LogP contribution is 2.15. The summed E-state index contributed by atoms with van der Waals surface area (Å²) in [5.74, 6) is -0.794. The number of halogens is 1. The number of aryl methyl sites for hydroxylation is 1. The van der Waals surface area contributed by atoms with Gasteiger partial charge in [0.2, 0.25) is 10.0 Å². The molecule has 0 aliphatic carbocycles. The van der Waals surface area contributed by atoms with Crippen LogP contribution in [0.25, 0.3) is 0 Å². The number of esters is 1. The second-order valence-corrected chi connectivity index (χ2v) is 6.75. The van der Waals surface area contributed by atoms with Gasteiger partial charge in [-0.1, -0.05) is 24.3 Å². The molecule has 0 spiro atoms. The number of carbonyl (C=O) groups is 1. The van der Waals surface area contributed by atoms with Crippen LogP contribution in [0.15, 0.2) is 53.4 Å². The highest BCUT2D eigenvalue weighted by molar-refractivity contribution is 7.89. The van der Waals surface area contributed by atoms with Crippen LogP contribution >= 0.6 is 0 Å². The first kappa shape index (κ1) is 18.9. The van der Waals surface area contributed by atoms with E-state index in [4.69, 9.17) is 14.6 Å². The fraction of sp³-hybridized carbons (Fsp3) is 0.235. The number of ether oxygens (including phenoxy) is 2. The molecular formula is C17H18FNO5S. The number of sulfonamides is 1. The van der Waals surface area contributed by atoms with Gasteiger partial charge in [-0.05, 0) is 36.2 Å². The van der Waals surface area contributed by atoms with Gasteiger partial charge in [-0.2, -0.15) is 0 Å². The molecule has 8 heteroatoms. The summed E-state index contributed by atoms with van der Waals surface area (Å²) in [7, 11) is -3.72. The minimum absolute atomic E-state index is 0.0114. The summed E-state index contributed by atoms with van der Waals surface area (Å²) >= 11 is 0. The SMILES string of the molecule is NS(=O)(=O)c1ccc(CCC(=O)OCCOc2ccccc2F)cc1. The third-order valence-corrected chi connectivity index (χ3v) is 4.24. The predicted octanol–water partition coefficient (Wildman–Crippen LogP) is 2.03. The summed E-state index contributed by atoms with van der Waals surface area (Å²) in [4.78, 5) is 11.7. The number of rotatable bonds is 8. The van der Waals surface area contributed by atoms with Crippen molar-refractivity contribution in [1.82, 2.24) is 0 Å². The van der Waals surface area contributed by atoms with E-state index < -0.39 is 21.8 Å². The lowest BCUT2D eigenvalue weighted by Gasteiger charge is -2.08. The normalized spacial score (nSPS) is 11.1. The van der Waals surface area contributed by atoms with E-state index in [-0.39, 0.29) is 30.3 Å². The Labute approximate surface area is 145 Å². The van der Waals surface area contributed by atoms with E-state index in [0.717, 1.165) is 5.56 Å². The molecule has 134 valence electrons. The quantitative estimate of drug-likeness (QED) is 0.569.